The molecular weight excluding hydrogens is 548 g/mol. The zero-order valence-corrected chi connectivity index (χ0v) is 26.7. The molecule has 0 fully saturated rings. The van der Waals surface area contributed by atoms with E-state index in [-0.39, 0.29) is 11.5 Å². The molecule has 0 aliphatic heterocycles. The summed E-state index contributed by atoms with van der Waals surface area (Å²) in [4.78, 5) is 24.3. The summed E-state index contributed by atoms with van der Waals surface area (Å²) in [6.07, 6.45) is 8.38. The average molecular weight is 597 g/mol. The first-order valence-corrected chi connectivity index (χ1v) is 15.3. The largest absolute Gasteiger partial charge is 0.490 e. The molecule has 0 atom stereocenters. The number of rotatable bonds is 20. The number of hydrogen-bond donors (Lipinski definition) is 0. The van der Waals surface area contributed by atoms with Crippen molar-refractivity contribution < 1.29 is 38.0 Å². The fourth-order valence-electron chi connectivity index (χ4n) is 5.05. The predicted octanol–water partition coefficient (Wildman–Crippen LogP) is 8.13. The van der Waals surface area contributed by atoms with E-state index in [2.05, 4.69) is 27.0 Å². The number of hydrogen-bond acceptors (Lipinski definition) is 8. The maximum absolute atomic E-state index is 12.2. The number of benzene rings is 2. The molecule has 0 radical (unpaired) electrons. The van der Waals surface area contributed by atoms with Gasteiger partial charge < -0.3 is 28.4 Å². The Bertz CT molecular complexity index is 1150. The van der Waals surface area contributed by atoms with Crippen LogP contribution in [-0.2, 0) is 15.0 Å². The summed E-state index contributed by atoms with van der Waals surface area (Å²) >= 11 is 0. The molecule has 0 heterocycles. The molecule has 0 spiro atoms. The van der Waals surface area contributed by atoms with Gasteiger partial charge in [-0.1, -0.05) is 71.2 Å². The molecule has 0 bridgehead atoms. The van der Waals surface area contributed by atoms with Crippen LogP contribution in [0.2, 0.25) is 0 Å². The first-order valence-electron chi connectivity index (χ1n) is 15.3. The fourth-order valence-corrected chi connectivity index (χ4v) is 5.05. The van der Waals surface area contributed by atoms with Gasteiger partial charge in [0.1, 0.15) is 0 Å². The van der Waals surface area contributed by atoms with Crippen molar-refractivity contribution in [2.75, 3.05) is 26.4 Å². The second kappa shape index (κ2) is 17.9. The quantitative estimate of drug-likeness (QED) is 0.0655. The van der Waals surface area contributed by atoms with Crippen molar-refractivity contribution in [2.45, 2.75) is 85.5 Å². The predicted molar refractivity (Wildman–Crippen MR) is 169 cm³/mol. The van der Waals surface area contributed by atoms with Gasteiger partial charge in [0.15, 0.2) is 23.0 Å². The summed E-state index contributed by atoms with van der Waals surface area (Å²) in [6, 6.07) is 7.27. The second-order valence-corrected chi connectivity index (χ2v) is 10.0. The van der Waals surface area contributed by atoms with Gasteiger partial charge in [-0.25, -0.2) is 9.59 Å². The molecule has 43 heavy (non-hydrogen) atoms. The van der Waals surface area contributed by atoms with Crippen LogP contribution < -0.4 is 28.4 Å². The van der Waals surface area contributed by atoms with Crippen molar-refractivity contribution in [3.63, 3.8) is 0 Å². The average Bonchev–Trinajstić information content (AvgIpc) is 3.00. The van der Waals surface area contributed by atoms with E-state index in [4.69, 9.17) is 28.4 Å². The Labute approximate surface area is 257 Å². The van der Waals surface area contributed by atoms with Crippen LogP contribution in [0.5, 0.6) is 34.5 Å². The second-order valence-electron chi connectivity index (χ2n) is 10.0. The van der Waals surface area contributed by atoms with Crippen LogP contribution in [-0.4, -0.2) is 38.4 Å². The molecule has 236 valence electrons. The van der Waals surface area contributed by atoms with Crippen molar-refractivity contribution >= 4 is 11.9 Å². The molecular formula is C35H48O8. The Hall–Kier alpha value is -3.94. The molecule has 2 aromatic rings. The molecule has 0 aromatic heterocycles. The Morgan fingerprint density at radius 2 is 1.02 bits per heavy atom. The topological polar surface area (TPSA) is 89.5 Å². The van der Waals surface area contributed by atoms with E-state index in [1.54, 1.807) is 12.1 Å². The number of unbranched alkanes of at least 4 members (excludes halogenated alkanes) is 4. The van der Waals surface area contributed by atoms with Crippen molar-refractivity contribution in [1.82, 2.24) is 0 Å². The molecule has 0 aliphatic carbocycles. The summed E-state index contributed by atoms with van der Waals surface area (Å²) in [6.45, 7) is 20.2. The highest BCUT2D eigenvalue weighted by Crippen LogP contribution is 2.53. The van der Waals surface area contributed by atoms with Crippen molar-refractivity contribution in [1.29, 1.82) is 0 Å². The van der Waals surface area contributed by atoms with Crippen LogP contribution in [0, 0.1) is 0 Å². The van der Waals surface area contributed by atoms with Crippen LogP contribution in [0.1, 0.15) is 91.2 Å². The van der Waals surface area contributed by atoms with Crippen molar-refractivity contribution in [2.24, 2.45) is 0 Å². The highest BCUT2D eigenvalue weighted by Gasteiger charge is 2.38. The molecule has 0 saturated heterocycles. The third-order valence-electron chi connectivity index (χ3n) is 7.03. The first-order chi connectivity index (χ1) is 20.8. The lowest BCUT2D eigenvalue weighted by atomic mass is 9.71. The molecule has 0 amide bonds. The summed E-state index contributed by atoms with van der Waals surface area (Å²) in [5, 5.41) is 0. The van der Waals surface area contributed by atoms with Gasteiger partial charge in [0, 0.05) is 28.7 Å². The number of esters is 2. The molecule has 2 rings (SSSR count). The normalized spacial score (nSPS) is 10.9. The lowest BCUT2D eigenvalue weighted by Crippen LogP contribution is -2.27. The molecule has 0 saturated carbocycles. The van der Waals surface area contributed by atoms with Gasteiger partial charge in [0.2, 0.25) is 11.5 Å². The summed E-state index contributed by atoms with van der Waals surface area (Å²) < 4.78 is 35.7. The maximum atomic E-state index is 12.2. The Morgan fingerprint density at radius 3 is 1.40 bits per heavy atom. The van der Waals surface area contributed by atoms with Crippen LogP contribution in [0.15, 0.2) is 49.6 Å². The van der Waals surface area contributed by atoms with Gasteiger partial charge >= 0.3 is 11.9 Å². The zero-order chi connectivity index (χ0) is 31.8. The Balaban J connectivity index is 2.93. The van der Waals surface area contributed by atoms with Gasteiger partial charge in [-0.05, 0) is 46.2 Å². The standard InChI is InChI=1S/C35H48O8/c1-9-16-17-18-19-24-35(8,25-20-22-27(42-29(36)10-2)33(40-14-6)31(25)38-12-4)26-21-23-28(43-30(37)11-3)34(41-15-7)32(26)39-13-5/h10-11,20-23H,2-3,9,12-19,24H2,1,4-8H3. The Kier molecular flexibility index (Phi) is 14.7. The van der Waals surface area contributed by atoms with Crippen molar-refractivity contribution in [3.8, 4) is 34.5 Å². The van der Waals surface area contributed by atoms with E-state index < -0.39 is 17.4 Å². The number of carbonyl (C=O) groups excluding carboxylic acids is 2. The summed E-state index contributed by atoms with van der Waals surface area (Å²) in [5.41, 5.74) is 0.998. The fraction of sp³-hybridized carbons (Fsp3) is 0.486. The van der Waals surface area contributed by atoms with Gasteiger partial charge in [-0.2, -0.15) is 0 Å². The van der Waals surface area contributed by atoms with Crippen molar-refractivity contribution in [3.05, 3.63) is 60.7 Å². The zero-order valence-electron chi connectivity index (χ0n) is 26.7. The SMILES string of the molecule is C=CC(=O)Oc1ccc(C(C)(CCCCCCC)c2ccc(OC(=O)C=C)c(OCC)c2OCC)c(OCC)c1OCC. The monoisotopic (exact) mass is 596 g/mol. The molecule has 8 heteroatoms. The van der Waals surface area contributed by atoms with E-state index in [1.165, 1.54) is 6.42 Å². The minimum Gasteiger partial charge on any atom is -0.490 e. The third-order valence-corrected chi connectivity index (χ3v) is 7.03. The van der Waals surface area contributed by atoms with E-state index in [1.807, 2.05) is 39.8 Å². The lowest BCUT2D eigenvalue weighted by Gasteiger charge is -2.35. The van der Waals surface area contributed by atoms with Gasteiger partial charge in [0.25, 0.3) is 0 Å². The minimum absolute atomic E-state index is 0.246. The van der Waals surface area contributed by atoms with E-state index in [9.17, 15) is 9.59 Å². The van der Waals surface area contributed by atoms with Crippen LogP contribution in [0.25, 0.3) is 0 Å². The van der Waals surface area contributed by atoms with Gasteiger partial charge in [-0.3, -0.25) is 0 Å². The van der Waals surface area contributed by atoms with Crippen LogP contribution in [0.3, 0.4) is 0 Å². The highest BCUT2D eigenvalue weighted by atomic mass is 16.6. The van der Waals surface area contributed by atoms with Crippen LogP contribution in [0.4, 0.5) is 0 Å². The van der Waals surface area contributed by atoms with Gasteiger partial charge in [-0.15, -0.1) is 0 Å². The maximum Gasteiger partial charge on any atom is 0.335 e. The van der Waals surface area contributed by atoms with E-state index in [0.29, 0.717) is 49.4 Å². The molecule has 8 nitrogen and oxygen atoms in total. The number of carbonyl (C=O) groups is 2. The highest BCUT2D eigenvalue weighted by molar-refractivity contribution is 5.85. The number of ether oxygens (including phenoxy) is 6. The smallest absolute Gasteiger partial charge is 0.335 e. The summed E-state index contributed by atoms with van der Waals surface area (Å²) in [7, 11) is 0. The molecule has 0 aliphatic rings. The summed E-state index contributed by atoms with van der Waals surface area (Å²) in [5.74, 6) is 0.947. The lowest BCUT2D eigenvalue weighted by molar-refractivity contribution is -0.130. The van der Waals surface area contributed by atoms with Crippen LogP contribution >= 0.6 is 0 Å². The van der Waals surface area contributed by atoms with E-state index >= 15 is 0 Å². The molecule has 0 unspecified atom stereocenters. The molecule has 2 aromatic carbocycles. The van der Waals surface area contributed by atoms with E-state index in [0.717, 1.165) is 55.4 Å². The first kappa shape index (κ1) is 35.3. The third kappa shape index (κ3) is 9.02. The minimum atomic E-state index is -0.680. The van der Waals surface area contributed by atoms with Gasteiger partial charge in [0.05, 0.1) is 26.4 Å². The molecule has 0 N–H and O–H groups in total. The Morgan fingerprint density at radius 1 is 0.628 bits per heavy atom.